The maximum absolute atomic E-state index is 13.4. The van der Waals surface area contributed by atoms with Gasteiger partial charge in [0.25, 0.3) is 0 Å². The van der Waals surface area contributed by atoms with Crippen LogP contribution >= 0.6 is 0 Å². The van der Waals surface area contributed by atoms with Gasteiger partial charge in [0, 0.05) is 12.1 Å². The number of anilines is 1. The molecule has 2 aliphatic carbocycles. The number of benzene rings is 1. The van der Waals surface area contributed by atoms with Crippen molar-refractivity contribution in [2.75, 3.05) is 5.32 Å². The van der Waals surface area contributed by atoms with Crippen LogP contribution in [-0.2, 0) is 4.79 Å². The Morgan fingerprint density at radius 3 is 2.84 bits per heavy atom. The molecule has 3 heteroatoms. The number of carbonyl (C=O) groups is 1. The summed E-state index contributed by atoms with van der Waals surface area (Å²) in [6.45, 7) is 1.72. The normalized spacial score (nSPS) is 28.6. The lowest BCUT2D eigenvalue weighted by Crippen LogP contribution is -2.20. The Labute approximate surface area is 113 Å². The van der Waals surface area contributed by atoms with Gasteiger partial charge in [0.05, 0.1) is 0 Å². The summed E-state index contributed by atoms with van der Waals surface area (Å²) in [6, 6.07) is 4.85. The van der Waals surface area contributed by atoms with E-state index in [0.717, 1.165) is 11.8 Å². The van der Waals surface area contributed by atoms with Gasteiger partial charge in [-0.25, -0.2) is 4.39 Å². The smallest absolute Gasteiger partial charge is 0.224 e. The molecule has 1 amide bonds. The second-order valence-corrected chi connectivity index (χ2v) is 6.15. The largest absolute Gasteiger partial charge is 0.326 e. The van der Waals surface area contributed by atoms with Gasteiger partial charge in [-0.15, -0.1) is 0 Å². The van der Waals surface area contributed by atoms with Gasteiger partial charge < -0.3 is 5.32 Å². The van der Waals surface area contributed by atoms with E-state index >= 15 is 0 Å². The zero-order valence-electron chi connectivity index (χ0n) is 11.3. The van der Waals surface area contributed by atoms with Gasteiger partial charge in [0.2, 0.25) is 5.91 Å². The van der Waals surface area contributed by atoms with Crippen molar-refractivity contribution < 1.29 is 9.18 Å². The van der Waals surface area contributed by atoms with Crippen molar-refractivity contribution in [1.29, 1.82) is 0 Å². The Hall–Kier alpha value is -1.38. The molecule has 2 fully saturated rings. The molecule has 2 aliphatic rings. The molecular weight excluding hydrogens is 241 g/mol. The number of halogens is 1. The van der Waals surface area contributed by atoms with Crippen LogP contribution in [0.3, 0.4) is 0 Å². The van der Waals surface area contributed by atoms with Gasteiger partial charge in [-0.05, 0) is 61.6 Å². The zero-order valence-corrected chi connectivity index (χ0v) is 11.3. The number of carbonyl (C=O) groups excluding carboxylic acids is 1. The number of hydrogen-bond donors (Lipinski definition) is 1. The summed E-state index contributed by atoms with van der Waals surface area (Å²) in [5.41, 5.74) is 1.17. The van der Waals surface area contributed by atoms with Crippen LogP contribution in [0.4, 0.5) is 10.1 Å². The van der Waals surface area contributed by atoms with Gasteiger partial charge >= 0.3 is 0 Å². The highest BCUT2D eigenvalue weighted by molar-refractivity contribution is 5.90. The van der Waals surface area contributed by atoms with Crippen LogP contribution in [0, 0.1) is 30.5 Å². The fraction of sp³-hybridized carbons (Fsp3) is 0.562. The highest BCUT2D eigenvalue weighted by Gasteiger charge is 2.40. The molecule has 1 N–H and O–H groups in total. The summed E-state index contributed by atoms with van der Waals surface area (Å²) >= 11 is 0. The van der Waals surface area contributed by atoms with Crippen LogP contribution in [0.15, 0.2) is 18.2 Å². The van der Waals surface area contributed by atoms with E-state index in [1.54, 1.807) is 19.1 Å². The first-order valence-electron chi connectivity index (χ1n) is 7.18. The molecule has 0 radical (unpaired) electrons. The molecule has 2 bridgehead atoms. The van der Waals surface area contributed by atoms with E-state index in [4.69, 9.17) is 0 Å². The fourth-order valence-corrected chi connectivity index (χ4v) is 3.75. The highest BCUT2D eigenvalue weighted by atomic mass is 19.1. The number of amides is 1. The van der Waals surface area contributed by atoms with E-state index in [1.807, 2.05) is 0 Å². The molecule has 3 unspecified atom stereocenters. The molecule has 2 saturated carbocycles. The molecule has 19 heavy (non-hydrogen) atoms. The quantitative estimate of drug-likeness (QED) is 0.878. The Bertz CT molecular complexity index is 500. The van der Waals surface area contributed by atoms with Crippen molar-refractivity contribution in [1.82, 2.24) is 0 Å². The molecule has 1 aromatic rings. The molecule has 0 heterocycles. The van der Waals surface area contributed by atoms with Crippen LogP contribution in [0.25, 0.3) is 0 Å². The Morgan fingerprint density at radius 1 is 1.37 bits per heavy atom. The van der Waals surface area contributed by atoms with Crippen LogP contribution in [-0.4, -0.2) is 5.91 Å². The lowest BCUT2D eigenvalue weighted by Gasteiger charge is -2.20. The first-order valence-corrected chi connectivity index (χ1v) is 7.18. The third kappa shape index (κ3) is 2.65. The lowest BCUT2D eigenvalue weighted by atomic mass is 9.86. The molecule has 0 aliphatic heterocycles. The zero-order chi connectivity index (χ0) is 13.4. The Balaban J connectivity index is 1.57. The van der Waals surface area contributed by atoms with E-state index in [-0.39, 0.29) is 11.7 Å². The number of rotatable bonds is 3. The second kappa shape index (κ2) is 4.95. The minimum absolute atomic E-state index is 0.0285. The van der Waals surface area contributed by atoms with Crippen molar-refractivity contribution in [2.24, 2.45) is 17.8 Å². The molecule has 0 saturated heterocycles. The maximum atomic E-state index is 13.4. The van der Waals surface area contributed by atoms with Gasteiger partial charge in [-0.3, -0.25) is 4.79 Å². The minimum Gasteiger partial charge on any atom is -0.326 e. The number of fused-ring (bicyclic) bond motifs is 2. The van der Waals surface area contributed by atoms with Crippen molar-refractivity contribution in [3.8, 4) is 0 Å². The summed E-state index contributed by atoms with van der Waals surface area (Å²) in [6.07, 6.45) is 5.77. The topological polar surface area (TPSA) is 29.1 Å². The van der Waals surface area contributed by atoms with E-state index < -0.39 is 0 Å². The summed E-state index contributed by atoms with van der Waals surface area (Å²) in [7, 11) is 0. The third-order valence-corrected chi connectivity index (χ3v) is 4.79. The summed E-state index contributed by atoms with van der Waals surface area (Å²) < 4.78 is 13.4. The van der Waals surface area contributed by atoms with Crippen LogP contribution in [0.2, 0.25) is 0 Å². The number of aryl methyl sites for hydroxylation is 1. The molecule has 3 rings (SSSR count). The van der Waals surface area contributed by atoms with Gasteiger partial charge in [0.1, 0.15) is 5.82 Å². The van der Waals surface area contributed by atoms with Crippen LogP contribution < -0.4 is 5.32 Å². The SMILES string of the molecule is Cc1ccc(NC(=O)CC2CC3CCC2C3)cc1F. The fourth-order valence-electron chi connectivity index (χ4n) is 3.75. The van der Waals surface area contributed by atoms with Crippen molar-refractivity contribution in [3.63, 3.8) is 0 Å². The molecule has 3 atom stereocenters. The molecule has 102 valence electrons. The average Bonchev–Trinajstić information content (AvgIpc) is 2.96. The maximum Gasteiger partial charge on any atom is 0.224 e. The summed E-state index contributed by atoms with van der Waals surface area (Å²) in [5, 5.41) is 2.82. The Kier molecular flexibility index (Phi) is 3.29. The monoisotopic (exact) mass is 261 g/mol. The van der Waals surface area contributed by atoms with Crippen molar-refractivity contribution >= 4 is 11.6 Å². The summed E-state index contributed by atoms with van der Waals surface area (Å²) in [4.78, 5) is 12.0. The van der Waals surface area contributed by atoms with Crippen molar-refractivity contribution in [2.45, 2.75) is 39.0 Å². The number of nitrogens with one attached hydrogen (secondary N) is 1. The second-order valence-electron chi connectivity index (χ2n) is 6.15. The van der Waals surface area contributed by atoms with Crippen LogP contribution in [0.1, 0.15) is 37.7 Å². The molecule has 0 aromatic heterocycles. The van der Waals surface area contributed by atoms with Gasteiger partial charge in [-0.2, -0.15) is 0 Å². The van der Waals surface area contributed by atoms with E-state index in [9.17, 15) is 9.18 Å². The average molecular weight is 261 g/mol. The first-order chi connectivity index (χ1) is 9.11. The van der Waals surface area contributed by atoms with E-state index in [1.165, 1.54) is 31.7 Å². The molecular formula is C16H20FNO. The van der Waals surface area contributed by atoms with E-state index in [0.29, 0.717) is 23.6 Å². The van der Waals surface area contributed by atoms with Gasteiger partial charge in [0.15, 0.2) is 0 Å². The lowest BCUT2D eigenvalue weighted by molar-refractivity contribution is -0.117. The Morgan fingerprint density at radius 2 is 2.21 bits per heavy atom. The van der Waals surface area contributed by atoms with E-state index in [2.05, 4.69) is 5.32 Å². The highest BCUT2D eigenvalue weighted by Crippen LogP contribution is 2.49. The molecule has 1 aromatic carbocycles. The number of hydrogen-bond acceptors (Lipinski definition) is 1. The first kappa shape index (κ1) is 12.6. The third-order valence-electron chi connectivity index (χ3n) is 4.79. The predicted molar refractivity (Wildman–Crippen MR) is 73.3 cm³/mol. The predicted octanol–water partition coefficient (Wildman–Crippen LogP) is 3.90. The molecule has 0 spiro atoms. The summed E-state index contributed by atoms with van der Waals surface area (Å²) in [5.74, 6) is 1.93. The minimum atomic E-state index is -0.266. The van der Waals surface area contributed by atoms with Crippen LogP contribution in [0.5, 0.6) is 0 Å². The molecule has 2 nitrogen and oxygen atoms in total. The van der Waals surface area contributed by atoms with Gasteiger partial charge in [-0.1, -0.05) is 12.5 Å². The van der Waals surface area contributed by atoms with Crippen molar-refractivity contribution in [3.05, 3.63) is 29.6 Å². The standard InChI is InChI=1S/C16H20FNO/c1-10-2-5-14(9-15(10)17)18-16(19)8-13-7-11-3-4-12(13)6-11/h2,5,9,11-13H,3-4,6-8H2,1H3,(H,18,19).